The summed E-state index contributed by atoms with van der Waals surface area (Å²) in [5, 5.41) is 0. The van der Waals surface area contributed by atoms with Crippen molar-refractivity contribution >= 4 is 26.5 Å². The summed E-state index contributed by atoms with van der Waals surface area (Å²) in [5.74, 6) is 0. The molecule has 0 aliphatic carbocycles. The summed E-state index contributed by atoms with van der Waals surface area (Å²) in [7, 11) is -2.11. The lowest BCUT2D eigenvalue weighted by Crippen LogP contribution is -2.46. The summed E-state index contributed by atoms with van der Waals surface area (Å²) < 4.78 is 0. The highest BCUT2D eigenvalue weighted by Gasteiger charge is 2.43. The topological polar surface area (TPSA) is 0 Å². The van der Waals surface area contributed by atoms with Crippen LogP contribution in [0.2, 0.25) is 35.9 Å². The molecule has 13 heavy (non-hydrogen) atoms. The van der Waals surface area contributed by atoms with Crippen LogP contribution < -0.4 is 0 Å². The van der Waals surface area contributed by atoms with Crippen LogP contribution in [0.5, 0.6) is 0 Å². The lowest BCUT2D eigenvalue weighted by Gasteiger charge is -2.41. The molecular formula is C10H23ClSi2. The second-order valence-electron chi connectivity index (χ2n) is 4.74. The van der Waals surface area contributed by atoms with Crippen molar-refractivity contribution in [1.29, 1.82) is 0 Å². The highest BCUT2D eigenvalue weighted by atomic mass is 35.6. The zero-order chi connectivity index (χ0) is 9.95. The molecule has 0 bridgehead atoms. The Labute approximate surface area is 89.8 Å². The first-order chi connectivity index (χ1) is 6.10. The van der Waals surface area contributed by atoms with E-state index in [9.17, 15) is 0 Å². The van der Waals surface area contributed by atoms with Crippen molar-refractivity contribution in [3.8, 4) is 0 Å². The minimum atomic E-state index is -1.25. The molecule has 1 saturated heterocycles. The third kappa shape index (κ3) is 2.60. The molecule has 0 spiro atoms. The van der Waals surface area contributed by atoms with Crippen LogP contribution >= 0.6 is 11.1 Å². The van der Waals surface area contributed by atoms with Gasteiger partial charge in [0.2, 0.25) is 0 Å². The van der Waals surface area contributed by atoms with Gasteiger partial charge in [0.1, 0.15) is 0 Å². The highest BCUT2D eigenvalue weighted by Crippen LogP contribution is 2.43. The molecule has 1 aliphatic heterocycles. The summed E-state index contributed by atoms with van der Waals surface area (Å²) in [5.41, 5.74) is 1.52. The minimum absolute atomic E-state index is 0.857. The van der Waals surface area contributed by atoms with E-state index < -0.39 is 15.5 Å². The van der Waals surface area contributed by atoms with Gasteiger partial charge in [-0.25, -0.2) is 0 Å². The summed E-state index contributed by atoms with van der Waals surface area (Å²) in [4.78, 5) is 0. The van der Waals surface area contributed by atoms with Crippen molar-refractivity contribution in [2.24, 2.45) is 0 Å². The molecule has 0 saturated carbocycles. The normalized spacial score (nSPS) is 33.2. The van der Waals surface area contributed by atoms with Gasteiger partial charge in [-0.1, -0.05) is 45.3 Å². The maximum Gasteiger partial charge on any atom is 0.153 e. The van der Waals surface area contributed by atoms with Crippen LogP contribution in [-0.2, 0) is 0 Å². The predicted molar refractivity (Wildman–Crippen MR) is 67.8 cm³/mol. The number of rotatable bonds is 3. The van der Waals surface area contributed by atoms with Crippen molar-refractivity contribution in [3.05, 3.63) is 0 Å². The smallest absolute Gasteiger partial charge is 0.153 e. The average Bonchev–Trinajstić information content (AvgIpc) is 2.18. The number of hydrogen-bond donors (Lipinski definition) is 0. The molecule has 3 heteroatoms. The molecule has 0 amide bonds. The quantitative estimate of drug-likeness (QED) is 0.494. The van der Waals surface area contributed by atoms with E-state index in [0.717, 1.165) is 0 Å². The van der Waals surface area contributed by atoms with Crippen LogP contribution in [0, 0.1) is 0 Å². The summed E-state index contributed by atoms with van der Waals surface area (Å²) >= 11 is 6.77. The molecule has 0 aromatic heterocycles. The molecule has 1 aliphatic rings. The van der Waals surface area contributed by atoms with Crippen molar-refractivity contribution in [1.82, 2.24) is 0 Å². The molecular weight excluding hydrogens is 212 g/mol. The molecule has 0 radical (unpaired) electrons. The SMILES string of the molecule is CC[Si]1(Cl)CCC[Si](CC)(CC)C1. The zero-order valence-electron chi connectivity index (χ0n) is 9.33. The summed E-state index contributed by atoms with van der Waals surface area (Å²) in [6, 6.07) is 7.24. The molecule has 0 N–H and O–H groups in total. The summed E-state index contributed by atoms with van der Waals surface area (Å²) in [6.07, 6.45) is 1.46. The van der Waals surface area contributed by atoms with Crippen molar-refractivity contribution in [2.45, 2.75) is 63.1 Å². The van der Waals surface area contributed by atoms with Gasteiger partial charge >= 0.3 is 0 Å². The molecule has 0 nitrogen and oxygen atoms in total. The van der Waals surface area contributed by atoms with Crippen LogP contribution in [0.25, 0.3) is 0 Å². The fourth-order valence-corrected chi connectivity index (χ4v) is 19.2. The van der Waals surface area contributed by atoms with E-state index in [1.807, 2.05) is 0 Å². The van der Waals surface area contributed by atoms with Crippen molar-refractivity contribution < 1.29 is 0 Å². The molecule has 1 fully saturated rings. The lowest BCUT2D eigenvalue weighted by atomic mass is 10.6. The van der Waals surface area contributed by atoms with Gasteiger partial charge in [0, 0.05) is 0 Å². The van der Waals surface area contributed by atoms with Crippen LogP contribution in [0.1, 0.15) is 27.2 Å². The van der Waals surface area contributed by atoms with Crippen molar-refractivity contribution in [3.63, 3.8) is 0 Å². The van der Waals surface area contributed by atoms with Gasteiger partial charge in [-0.3, -0.25) is 0 Å². The molecule has 0 aromatic rings. The number of hydrogen-bond acceptors (Lipinski definition) is 0. The van der Waals surface area contributed by atoms with Gasteiger partial charge < -0.3 is 0 Å². The van der Waals surface area contributed by atoms with Crippen molar-refractivity contribution in [2.75, 3.05) is 0 Å². The Morgan fingerprint density at radius 1 is 1.00 bits per heavy atom. The minimum Gasteiger partial charge on any atom is -0.167 e. The molecule has 1 unspecified atom stereocenters. The van der Waals surface area contributed by atoms with E-state index in [1.54, 1.807) is 6.04 Å². The van der Waals surface area contributed by atoms with Gasteiger partial charge in [0.05, 0.1) is 8.07 Å². The highest BCUT2D eigenvalue weighted by molar-refractivity contribution is 7.25. The van der Waals surface area contributed by atoms with E-state index in [2.05, 4.69) is 20.8 Å². The number of halogens is 1. The average molecular weight is 235 g/mol. The van der Waals surface area contributed by atoms with E-state index in [1.165, 1.54) is 36.3 Å². The Balaban J connectivity index is 2.69. The molecule has 0 aromatic carbocycles. The maximum atomic E-state index is 6.77. The second kappa shape index (κ2) is 4.50. The van der Waals surface area contributed by atoms with Crippen LogP contribution in [-0.4, -0.2) is 15.5 Å². The molecule has 78 valence electrons. The van der Waals surface area contributed by atoms with Gasteiger partial charge in [-0.15, -0.1) is 0 Å². The van der Waals surface area contributed by atoms with Gasteiger partial charge in [0.15, 0.2) is 7.38 Å². The standard InChI is InChI=1S/C10H23ClSi2/c1-4-12(5-2)8-7-9-13(11,6-3)10-12/h4-10H2,1-3H3. The van der Waals surface area contributed by atoms with E-state index in [-0.39, 0.29) is 0 Å². The Bertz CT molecular complexity index is 168. The van der Waals surface area contributed by atoms with E-state index in [4.69, 9.17) is 11.1 Å². The predicted octanol–water partition coefficient (Wildman–Crippen LogP) is 4.62. The fraction of sp³-hybridized carbons (Fsp3) is 1.00. The second-order valence-corrected chi connectivity index (χ2v) is 17.0. The first-order valence-electron chi connectivity index (χ1n) is 5.79. The largest absolute Gasteiger partial charge is 0.167 e. The Morgan fingerprint density at radius 3 is 2.08 bits per heavy atom. The first-order valence-corrected chi connectivity index (χ1v) is 12.2. The molecule has 1 atom stereocenters. The first kappa shape index (κ1) is 11.8. The monoisotopic (exact) mass is 234 g/mol. The van der Waals surface area contributed by atoms with Crippen LogP contribution in [0.4, 0.5) is 0 Å². The Morgan fingerprint density at radius 2 is 1.62 bits per heavy atom. The lowest BCUT2D eigenvalue weighted by molar-refractivity contribution is 0.947. The Hall–Kier alpha value is 0.724. The Kier molecular flexibility index (Phi) is 4.08. The van der Waals surface area contributed by atoms with Gasteiger partial charge in [-0.05, 0) is 17.8 Å². The fourth-order valence-electron chi connectivity index (χ4n) is 2.78. The third-order valence-corrected chi connectivity index (χ3v) is 19.2. The van der Waals surface area contributed by atoms with Gasteiger partial charge in [0.25, 0.3) is 0 Å². The zero-order valence-corrected chi connectivity index (χ0v) is 12.1. The van der Waals surface area contributed by atoms with E-state index in [0.29, 0.717) is 0 Å². The third-order valence-electron chi connectivity index (χ3n) is 4.16. The van der Waals surface area contributed by atoms with Crippen LogP contribution in [0.15, 0.2) is 0 Å². The van der Waals surface area contributed by atoms with Crippen LogP contribution in [0.3, 0.4) is 0 Å². The van der Waals surface area contributed by atoms with Gasteiger partial charge in [-0.2, -0.15) is 11.1 Å². The molecule has 1 rings (SSSR count). The maximum absolute atomic E-state index is 6.77. The van der Waals surface area contributed by atoms with E-state index >= 15 is 0 Å². The molecule has 1 heterocycles. The summed E-state index contributed by atoms with van der Waals surface area (Å²) in [6.45, 7) is 7.12.